The fourth-order valence-electron chi connectivity index (χ4n) is 2.92. The van der Waals surface area contributed by atoms with E-state index in [9.17, 15) is 0 Å². The van der Waals surface area contributed by atoms with E-state index in [0.717, 1.165) is 19.0 Å². The Labute approximate surface area is 116 Å². The fraction of sp³-hybridized carbons (Fsp3) is 0.929. The summed E-state index contributed by atoms with van der Waals surface area (Å²) in [5.41, 5.74) is 0.654. The summed E-state index contributed by atoms with van der Waals surface area (Å²) in [7, 11) is 0. The molecule has 0 aromatic rings. The van der Waals surface area contributed by atoms with E-state index in [0.29, 0.717) is 10.7 Å². The van der Waals surface area contributed by atoms with Gasteiger partial charge in [0.2, 0.25) is 0 Å². The monoisotopic (exact) mass is 269 g/mol. The van der Waals surface area contributed by atoms with Crippen LogP contribution in [-0.2, 0) is 0 Å². The van der Waals surface area contributed by atoms with Gasteiger partial charge in [0.05, 0.1) is 6.54 Å². The van der Waals surface area contributed by atoms with Crippen LogP contribution in [0.2, 0.25) is 0 Å². The van der Waals surface area contributed by atoms with Crippen molar-refractivity contribution in [3.63, 3.8) is 0 Å². The summed E-state index contributed by atoms with van der Waals surface area (Å²) in [5, 5.41) is 4.07. The number of thioether (sulfide) groups is 1. The van der Waals surface area contributed by atoms with Crippen LogP contribution in [0.5, 0.6) is 0 Å². The van der Waals surface area contributed by atoms with Crippen LogP contribution in [0.1, 0.15) is 39.5 Å². The van der Waals surface area contributed by atoms with Crippen molar-refractivity contribution < 1.29 is 0 Å². The third-order valence-corrected chi connectivity index (χ3v) is 5.34. The molecule has 0 amide bonds. The maximum absolute atomic E-state index is 4.80. The second-order valence-electron chi connectivity index (χ2n) is 5.77. The van der Waals surface area contributed by atoms with Crippen molar-refractivity contribution in [2.75, 3.05) is 32.4 Å². The van der Waals surface area contributed by atoms with Crippen molar-refractivity contribution in [3.05, 3.63) is 0 Å². The molecule has 0 radical (unpaired) electrons. The summed E-state index contributed by atoms with van der Waals surface area (Å²) in [5.74, 6) is 1.14. The van der Waals surface area contributed by atoms with Gasteiger partial charge in [0, 0.05) is 24.9 Å². The van der Waals surface area contributed by atoms with E-state index in [1.54, 1.807) is 0 Å². The molecule has 18 heavy (non-hydrogen) atoms. The first-order valence-electron chi connectivity index (χ1n) is 7.25. The van der Waals surface area contributed by atoms with E-state index in [2.05, 4.69) is 30.3 Å². The van der Waals surface area contributed by atoms with Crippen molar-refractivity contribution >= 4 is 17.7 Å². The Hall–Kier alpha value is -0.380. The molecule has 0 aromatic heterocycles. The number of nitrogens with one attached hydrogen (secondary N) is 1. The molecule has 3 nitrogen and oxygen atoms in total. The molecule has 1 saturated carbocycles. The average molecular weight is 269 g/mol. The van der Waals surface area contributed by atoms with Gasteiger partial charge in [0.25, 0.3) is 0 Å². The Morgan fingerprint density at radius 1 is 1.44 bits per heavy atom. The van der Waals surface area contributed by atoms with Gasteiger partial charge >= 0.3 is 0 Å². The van der Waals surface area contributed by atoms with E-state index in [1.165, 1.54) is 38.8 Å². The highest BCUT2D eigenvalue weighted by atomic mass is 32.2. The molecule has 1 aliphatic carbocycles. The van der Waals surface area contributed by atoms with Crippen LogP contribution in [0.3, 0.4) is 0 Å². The van der Waals surface area contributed by atoms with Crippen LogP contribution in [-0.4, -0.2) is 48.5 Å². The second kappa shape index (κ2) is 6.18. The number of likely N-dealkylation sites (tertiary alicyclic amines) is 1. The summed E-state index contributed by atoms with van der Waals surface area (Å²) in [6, 6.07) is 0. The van der Waals surface area contributed by atoms with Crippen molar-refractivity contribution in [2.45, 2.75) is 44.8 Å². The molecule has 1 N–H and O–H groups in total. The molecule has 2 rings (SSSR count). The van der Waals surface area contributed by atoms with Gasteiger partial charge in [-0.2, -0.15) is 11.8 Å². The first-order chi connectivity index (χ1) is 8.69. The Bertz CT molecular complexity index is 299. The third kappa shape index (κ3) is 3.14. The van der Waals surface area contributed by atoms with Gasteiger partial charge < -0.3 is 10.2 Å². The van der Waals surface area contributed by atoms with Crippen LogP contribution in [0.15, 0.2) is 4.99 Å². The molecule has 1 saturated heterocycles. The molecule has 2 fully saturated rings. The molecule has 0 aromatic carbocycles. The largest absolute Gasteiger partial charge is 0.357 e. The highest BCUT2D eigenvalue weighted by molar-refractivity contribution is 7.99. The van der Waals surface area contributed by atoms with Gasteiger partial charge in [0.1, 0.15) is 0 Å². The maximum atomic E-state index is 4.80. The van der Waals surface area contributed by atoms with Crippen LogP contribution in [0.4, 0.5) is 0 Å². The number of aliphatic imine (C=N–C) groups is 1. The molecule has 2 aliphatic rings. The standard InChI is InChI=1S/C14H27N3S/c1-4-15-13(16-10-12(2)18-3)17-9-8-14(11-17)6-5-7-14/h12H,4-11H2,1-3H3,(H,15,16). The minimum atomic E-state index is 0.610. The number of hydrogen-bond acceptors (Lipinski definition) is 2. The Balaban J connectivity index is 1.93. The first-order valence-corrected chi connectivity index (χ1v) is 8.54. The fourth-order valence-corrected chi connectivity index (χ4v) is 3.14. The van der Waals surface area contributed by atoms with E-state index < -0.39 is 0 Å². The van der Waals surface area contributed by atoms with Gasteiger partial charge in [-0.05, 0) is 37.9 Å². The maximum Gasteiger partial charge on any atom is 0.193 e. The average Bonchev–Trinajstić information content (AvgIpc) is 2.79. The van der Waals surface area contributed by atoms with E-state index >= 15 is 0 Å². The number of nitrogens with zero attached hydrogens (tertiary/aromatic N) is 2. The smallest absolute Gasteiger partial charge is 0.193 e. The zero-order chi connectivity index (χ0) is 13.0. The lowest BCUT2D eigenvalue weighted by molar-refractivity contribution is 0.151. The van der Waals surface area contributed by atoms with Crippen molar-refractivity contribution in [3.8, 4) is 0 Å². The van der Waals surface area contributed by atoms with Gasteiger partial charge in [-0.25, -0.2) is 0 Å². The summed E-state index contributed by atoms with van der Waals surface area (Å²) >= 11 is 1.89. The molecule has 1 atom stereocenters. The van der Waals surface area contributed by atoms with Crippen molar-refractivity contribution in [1.29, 1.82) is 0 Å². The van der Waals surface area contributed by atoms with Crippen LogP contribution in [0.25, 0.3) is 0 Å². The Morgan fingerprint density at radius 3 is 2.72 bits per heavy atom. The molecule has 104 valence electrons. The SMILES string of the molecule is CCNC(=NCC(C)SC)N1CCC2(CCC2)C1. The molecule has 1 spiro atoms. The summed E-state index contributed by atoms with van der Waals surface area (Å²) in [4.78, 5) is 7.28. The highest BCUT2D eigenvalue weighted by Crippen LogP contribution is 2.47. The predicted octanol–water partition coefficient (Wildman–Crippen LogP) is 2.58. The molecule has 1 heterocycles. The lowest BCUT2D eigenvalue weighted by atomic mass is 9.68. The Kier molecular flexibility index (Phi) is 4.82. The van der Waals surface area contributed by atoms with Gasteiger partial charge in [-0.15, -0.1) is 0 Å². The van der Waals surface area contributed by atoms with Crippen LogP contribution < -0.4 is 5.32 Å². The Morgan fingerprint density at radius 2 is 2.22 bits per heavy atom. The number of hydrogen-bond donors (Lipinski definition) is 1. The topological polar surface area (TPSA) is 27.6 Å². The number of guanidine groups is 1. The molecule has 1 aliphatic heterocycles. The summed E-state index contributed by atoms with van der Waals surface area (Å²) in [6.07, 6.45) is 7.83. The van der Waals surface area contributed by atoms with Crippen molar-refractivity contribution in [2.24, 2.45) is 10.4 Å². The first kappa shape index (κ1) is 14.0. The quantitative estimate of drug-likeness (QED) is 0.628. The van der Waals surface area contributed by atoms with Gasteiger partial charge in [0.15, 0.2) is 5.96 Å². The highest BCUT2D eigenvalue weighted by Gasteiger charge is 2.43. The van der Waals surface area contributed by atoms with Gasteiger partial charge in [-0.1, -0.05) is 13.3 Å². The van der Waals surface area contributed by atoms with Crippen LogP contribution >= 0.6 is 11.8 Å². The molecule has 0 bridgehead atoms. The summed E-state index contributed by atoms with van der Waals surface area (Å²) in [6.45, 7) is 8.72. The minimum absolute atomic E-state index is 0.610. The van der Waals surface area contributed by atoms with E-state index in [1.807, 2.05) is 11.8 Å². The van der Waals surface area contributed by atoms with Gasteiger partial charge in [-0.3, -0.25) is 4.99 Å². The minimum Gasteiger partial charge on any atom is -0.357 e. The molecule has 4 heteroatoms. The number of rotatable bonds is 4. The second-order valence-corrected chi connectivity index (χ2v) is 7.04. The van der Waals surface area contributed by atoms with E-state index in [-0.39, 0.29) is 0 Å². The predicted molar refractivity (Wildman–Crippen MR) is 81.4 cm³/mol. The summed E-state index contributed by atoms with van der Waals surface area (Å²) < 4.78 is 0. The van der Waals surface area contributed by atoms with E-state index in [4.69, 9.17) is 4.99 Å². The zero-order valence-electron chi connectivity index (χ0n) is 12.0. The molecule has 1 unspecified atom stereocenters. The lowest BCUT2D eigenvalue weighted by Crippen LogP contribution is -2.42. The normalized spacial score (nSPS) is 24.2. The third-order valence-electron chi connectivity index (χ3n) is 4.39. The van der Waals surface area contributed by atoms with Crippen LogP contribution in [0, 0.1) is 5.41 Å². The lowest BCUT2D eigenvalue weighted by Gasteiger charge is -2.38. The molecular formula is C14H27N3S. The zero-order valence-corrected chi connectivity index (χ0v) is 12.9. The van der Waals surface area contributed by atoms with Crippen molar-refractivity contribution in [1.82, 2.24) is 10.2 Å². The molecular weight excluding hydrogens is 242 g/mol.